The number of hydrogen-bond acceptors (Lipinski definition) is 2. The van der Waals surface area contributed by atoms with E-state index in [1.165, 1.54) is 0 Å². The Morgan fingerprint density at radius 2 is 2.05 bits per heavy atom. The molecule has 112 valence electrons. The van der Waals surface area contributed by atoms with Crippen LogP contribution in [0.25, 0.3) is 0 Å². The zero-order chi connectivity index (χ0) is 15.8. The first kappa shape index (κ1) is 15.5. The Morgan fingerprint density at radius 1 is 1.23 bits per heavy atom. The number of benzene rings is 2. The number of hydrogen-bond donors (Lipinski definition) is 2. The van der Waals surface area contributed by atoms with Crippen LogP contribution in [-0.4, -0.2) is 19.2 Å². The van der Waals surface area contributed by atoms with Gasteiger partial charge in [-0.3, -0.25) is 0 Å². The normalized spacial score (nSPS) is 9.64. The van der Waals surface area contributed by atoms with Gasteiger partial charge in [0.05, 0.1) is 6.54 Å². The molecule has 0 aliphatic carbocycles. The molecule has 22 heavy (non-hydrogen) atoms. The summed E-state index contributed by atoms with van der Waals surface area (Å²) in [6.07, 6.45) is 5.32. The quantitative estimate of drug-likeness (QED) is 0.657. The molecule has 0 radical (unpaired) electrons. The van der Waals surface area contributed by atoms with Crippen molar-refractivity contribution in [2.75, 3.05) is 18.5 Å². The molecule has 0 fully saturated rings. The number of amides is 2. The minimum Gasteiger partial charge on any atom is -0.492 e. The van der Waals surface area contributed by atoms with E-state index in [-0.39, 0.29) is 6.03 Å². The molecule has 0 aliphatic heterocycles. The number of carbonyl (C=O) groups is 1. The van der Waals surface area contributed by atoms with E-state index in [4.69, 9.17) is 11.2 Å². The van der Waals surface area contributed by atoms with Crippen LogP contribution in [0, 0.1) is 19.3 Å². The molecular weight excluding hydrogens is 276 g/mol. The van der Waals surface area contributed by atoms with Crippen LogP contribution in [0.15, 0.2) is 48.5 Å². The molecule has 2 N–H and O–H groups in total. The number of urea groups is 1. The van der Waals surface area contributed by atoms with Crippen molar-refractivity contribution in [2.24, 2.45) is 0 Å². The van der Waals surface area contributed by atoms with Gasteiger partial charge in [-0.25, -0.2) is 4.79 Å². The average Bonchev–Trinajstić information content (AvgIpc) is 2.52. The summed E-state index contributed by atoms with van der Waals surface area (Å²) in [7, 11) is 0. The summed E-state index contributed by atoms with van der Waals surface area (Å²) in [6, 6.07) is 14.6. The fourth-order valence-corrected chi connectivity index (χ4v) is 1.90. The van der Waals surface area contributed by atoms with Crippen LogP contribution in [0.5, 0.6) is 5.75 Å². The molecule has 0 aliphatic rings. The van der Waals surface area contributed by atoms with Crippen LogP contribution >= 0.6 is 0 Å². The molecule has 0 aromatic heterocycles. The highest BCUT2D eigenvalue weighted by Gasteiger charge is 2.01. The van der Waals surface area contributed by atoms with Crippen molar-refractivity contribution in [2.45, 2.75) is 6.92 Å². The molecular formula is C18H18N2O2. The van der Waals surface area contributed by atoms with Crippen LogP contribution < -0.4 is 15.4 Å². The zero-order valence-electron chi connectivity index (χ0n) is 12.4. The summed E-state index contributed by atoms with van der Waals surface area (Å²) in [6.45, 7) is 2.82. The molecule has 0 saturated heterocycles. The summed E-state index contributed by atoms with van der Waals surface area (Å²) in [5.74, 6) is 3.32. The predicted molar refractivity (Wildman–Crippen MR) is 88.1 cm³/mol. The van der Waals surface area contributed by atoms with Crippen LogP contribution in [0.2, 0.25) is 0 Å². The molecule has 2 rings (SSSR count). The van der Waals surface area contributed by atoms with Gasteiger partial charge in [0, 0.05) is 11.3 Å². The second kappa shape index (κ2) is 7.75. The second-order valence-electron chi connectivity index (χ2n) is 4.77. The molecule has 0 spiro atoms. The summed E-state index contributed by atoms with van der Waals surface area (Å²) < 4.78 is 5.55. The smallest absolute Gasteiger partial charge is 0.319 e. The van der Waals surface area contributed by atoms with Gasteiger partial charge in [0.25, 0.3) is 0 Å². The van der Waals surface area contributed by atoms with Crippen molar-refractivity contribution >= 4 is 11.7 Å². The van der Waals surface area contributed by atoms with Gasteiger partial charge in [0.15, 0.2) is 0 Å². The van der Waals surface area contributed by atoms with Gasteiger partial charge < -0.3 is 15.4 Å². The number of carbonyl (C=O) groups excluding carboxylic acids is 1. The molecule has 2 aromatic rings. The number of nitrogens with one attached hydrogen (secondary N) is 2. The lowest BCUT2D eigenvalue weighted by atomic mass is 10.2. The molecule has 2 aromatic carbocycles. The molecule has 0 unspecified atom stereocenters. The topological polar surface area (TPSA) is 50.4 Å². The first-order valence-electron chi connectivity index (χ1n) is 6.98. The molecule has 2 amide bonds. The monoisotopic (exact) mass is 294 g/mol. The van der Waals surface area contributed by atoms with Gasteiger partial charge in [-0.05, 0) is 42.8 Å². The van der Waals surface area contributed by atoms with E-state index in [9.17, 15) is 4.79 Å². The molecule has 0 saturated carbocycles. The highest BCUT2D eigenvalue weighted by molar-refractivity contribution is 5.89. The van der Waals surface area contributed by atoms with Crippen molar-refractivity contribution in [1.29, 1.82) is 0 Å². The van der Waals surface area contributed by atoms with E-state index >= 15 is 0 Å². The van der Waals surface area contributed by atoms with Crippen LogP contribution in [-0.2, 0) is 0 Å². The predicted octanol–water partition coefficient (Wildman–Crippen LogP) is 3.18. The Morgan fingerprint density at radius 3 is 2.82 bits per heavy atom. The maximum atomic E-state index is 11.7. The van der Waals surface area contributed by atoms with Gasteiger partial charge in [-0.1, -0.05) is 24.1 Å². The van der Waals surface area contributed by atoms with E-state index in [0.29, 0.717) is 18.8 Å². The van der Waals surface area contributed by atoms with Crippen molar-refractivity contribution in [1.82, 2.24) is 5.32 Å². The first-order valence-corrected chi connectivity index (χ1v) is 6.98. The Labute approximate surface area is 130 Å². The Bertz CT molecular complexity index is 689. The van der Waals surface area contributed by atoms with E-state index < -0.39 is 0 Å². The Balaban J connectivity index is 1.73. The highest BCUT2D eigenvalue weighted by Crippen LogP contribution is 2.12. The first-order chi connectivity index (χ1) is 10.7. The van der Waals surface area contributed by atoms with Gasteiger partial charge in [0.2, 0.25) is 0 Å². The maximum absolute atomic E-state index is 11.7. The summed E-state index contributed by atoms with van der Waals surface area (Å²) in [4.78, 5) is 11.7. The summed E-state index contributed by atoms with van der Waals surface area (Å²) in [5, 5.41) is 5.45. The van der Waals surface area contributed by atoms with Crippen LogP contribution in [0.4, 0.5) is 10.5 Å². The van der Waals surface area contributed by atoms with E-state index in [0.717, 1.165) is 16.9 Å². The SMILES string of the molecule is C#Cc1cccc(NC(=O)NCCOc2cccc(C)c2)c1. The van der Waals surface area contributed by atoms with Crippen molar-refractivity contribution in [3.63, 3.8) is 0 Å². The Kier molecular flexibility index (Phi) is 5.44. The number of rotatable bonds is 5. The summed E-state index contributed by atoms with van der Waals surface area (Å²) in [5.41, 5.74) is 2.52. The van der Waals surface area contributed by atoms with E-state index in [1.54, 1.807) is 24.3 Å². The van der Waals surface area contributed by atoms with Gasteiger partial charge in [-0.2, -0.15) is 0 Å². The average molecular weight is 294 g/mol. The van der Waals surface area contributed by atoms with Crippen molar-refractivity contribution in [3.8, 4) is 18.1 Å². The number of terminal acetylenes is 1. The molecule has 0 atom stereocenters. The largest absolute Gasteiger partial charge is 0.492 e. The minimum absolute atomic E-state index is 0.290. The molecule has 4 nitrogen and oxygen atoms in total. The number of anilines is 1. The van der Waals surface area contributed by atoms with E-state index in [1.807, 2.05) is 31.2 Å². The highest BCUT2D eigenvalue weighted by atomic mass is 16.5. The van der Waals surface area contributed by atoms with Crippen molar-refractivity contribution < 1.29 is 9.53 Å². The molecule has 0 heterocycles. The van der Waals surface area contributed by atoms with E-state index in [2.05, 4.69) is 16.6 Å². The maximum Gasteiger partial charge on any atom is 0.319 e. The number of ether oxygens (including phenoxy) is 1. The fourth-order valence-electron chi connectivity index (χ4n) is 1.90. The lowest BCUT2D eigenvalue weighted by Crippen LogP contribution is -2.32. The third-order valence-electron chi connectivity index (χ3n) is 2.93. The van der Waals surface area contributed by atoms with Gasteiger partial charge >= 0.3 is 6.03 Å². The minimum atomic E-state index is -0.290. The number of aryl methyl sites for hydroxylation is 1. The second-order valence-corrected chi connectivity index (χ2v) is 4.77. The lowest BCUT2D eigenvalue weighted by molar-refractivity contribution is 0.247. The van der Waals surface area contributed by atoms with Crippen LogP contribution in [0.3, 0.4) is 0 Å². The zero-order valence-corrected chi connectivity index (χ0v) is 12.4. The molecule has 0 bridgehead atoms. The third-order valence-corrected chi connectivity index (χ3v) is 2.93. The van der Waals surface area contributed by atoms with Gasteiger partial charge in [0.1, 0.15) is 12.4 Å². The van der Waals surface area contributed by atoms with Crippen LogP contribution in [0.1, 0.15) is 11.1 Å². The van der Waals surface area contributed by atoms with Gasteiger partial charge in [-0.15, -0.1) is 6.42 Å². The fraction of sp³-hybridized carbons (Fsp3) is 0.167. The molecule has 4 heteroatoms. The standard InChI is InChI=1S/C18H18N2O2/c1-3-15-7-5-8-16(13-15)20-18(21)19-10-11-22-17-9-4-6-14(2)12-17/h1,4-9,12-13H,10-11H2,2H3,(H2,19,20,21). The lowest BCUT2D eigenvalue weighted by Gasteiger charge is -2.09. The summed E-state index contributed by atoms with van der Waals surface area (Å²) >= 11 is 0. The Hall–Kier alpha value is -2.93. The third kappa shape index (κ3) is 4.88. The van der Waals surface area contributed by atoms with Crippen molar-refractivity contribution in [3.05, 3.63) is 59.7 Å².